The molecule has 144 valence electrons. The Balaban J connectivity index is 2.28. The van der Waals surface area contributed by atoms with Crippen LogP contribution in [0.25, 0.3) is 11.0 Å². The first-order valence-corrected chi connectivity index (χ1v) is 9.42. The predicted octanol–water partition coefficient (Wildman–Crippen LogP) is 2.97. The smallest absolute Gasteiger partial charge is 0.242 e. The van der Waals surface area contributed by atoms with Gasteiger partial charge in [-0.3, -0.25) is 4.79 Å². The molecule has 0 spiro atoms. The summed E-state index contributed by atoms with van der Waals surface area (Å²) < 4.78 is 1.91. The maximum absolute atomic E-state index is 13.0. The van der Waals surface area contributed by atoms with Crippen molar-refractivity contribution in [2.75, 3.05) is 25.0 Å². The van der Waals surface area contributed by atoms with Crippen LogP contribution in [0.2, 0.25) is 0 Å². The molecular weight excluding hydrogens is 328 g/mol. The van der Waals surface area contributed by atoms with E-state index in [1.165, 1.54) is 0 Å². The molecule has 0 aliphatic carbocycles. The van der Waals surface area contributed by atoms with Crippen molar-refractivity contribution < 1.29 is 9.90 Å². The van der Waals surface area contributed by atoms with E-state index in [0.29, 0.717) is 24.3 Å². The number of amides is 1. The number of nitrogens with zero attached hydrogens (tertiary/aromatic N) is 3. The van der Waals surface area contributed by atoms with E-state index in [1.807, 2.05) is 33.7 Å². The summed E-state index contributed by atoms with van der Waals surface area (Å²) in [5, 5.41) is 12.7. The molecule has 1 amide bonds. The van der Waals surface area contributed by atoms with Crippen LogP contribution < -0.4 is 5.32 Å². The quantitative estimate of drug-likeness (QED) is 0.721. The van der Waals surface area contributed by atoms with E-state index in [0.717, 1.165) is 24.1 Å². The maximum atomic E-state index is 13.0. The highest BCUT2D eigenvalue weighted by atomic mass is 16.3. The Morgan fingerprint density at radius 3 is 2.35 bits per heavy atom. The van der Waals surface area contributed by atoms with Gasteiger partial charge in [-0.1, -0.05) is 39.8 Å². The van der Waals surface area contributed by atoms with E-state index in [-0.39, 0.29) is 12.5 Å². The van der Waals surface area contributed by atoms with Gasteiger partial charge >= 0.3 is 0 Å². The van der Waals surface area contributed by atoms with Crippen molar-refractivity contribution in [2.24, 2.45) is 11.8 Å². The molecule has 0 fully saturated rings. The average Bonchev–Trinajstić information content (AvgIpc) is 2.89. The second-order valence-electron chi connectivity index (χ2n) is 7.83. The van der Waals surface area contributed by atoms with Crippen LogP contribution in [0.15, 0.2) is 24.3 Å². The number of aromatic nitrogens is 2. The third-order valence-corrected chi connectivity index (χ3v) is 4.03. The van der Waals surface area contributed by atoms with Crippen LogP contribution in [-0.2, 0) is 11.3 Å². The van der Waals surface area contributed by atoms with Crippen molar-refractivity contribution in [3.8, 4) is 0 Å². The normalized spacial score (nSPS) is 12.8. The van der Waals surface area contributed by atoms with Gasteiger partial charge in [0.1, 0.15) is 6.54 Å². The standard InChI is InChI=1S/C20H32N4O2/c1-14(2)11-23(12-15(3)4)19(26)13-24-18-9-7-6-8-17(18)22-20(24)21-10-16(5)25/h6-9,14-16,25H,10-13H2,1-5H3,(H,21,22)/t16-/m0/s1. The summed E-state index contributed by atoms with van der Waals surface area (Å²) in [6, 6.07) is 7.79. The lowest BCUT2D eigenvalue weighted by atomic mass is 10.1. The second kappa shape index (κ2) is 9.03. The van der Waals surface area contributed by atoms with Gasteiger partial charge < -0.3 is 19.9 Å². The number of nitrogens with one attached hydrogen (secondary N) is 1. The zero-order valence-electron chi connectivity index (χ0n) is 16.6. The molecule has 0 aliphatic rings. The molecule has 0 unspecified atom stereocenters. The fourth-order valence-electron chi connectivity index (χ4n) is 3.00. The highest BCUT2D eigenvalue weighted by Crippen LogP contribution is 2.20. The van der Waals surface area contributed by atoms with Crippen LogP contribution in [0, 0.1) is 11.8 Å². The van der Waals surface area contributed by atoms with Crippen molar-refractivity contribution in [1.82, 2.24) is 14.5 Å². The van der Waals surface area contributed by atoms with Gasteiger partial charge in [0.25, 0.3) is 0 Å². The summed E-state index contributed by atoms with van der Waals surface area (Å²) >= 11 is 0. The lowest BCUT2D eigenvalue weighted by Crippen LogP contribution is -2.39. The minimum atomic E-state index is -0.489. The molecule has 6 nitrogen and oxygen atoms in total. The lowest BCUT2D eigenvalue weighted by Gasteiger charge is -2.27. The van der Waals surface area contributed by atoms with E-state index >= 15 is 0 Å². The number of hydrogen-bond donors (Lipinski definition) is 2. The fraction of sp³-hybridized carbons (Fsp3) is 0.600. The number of benzene rings is 1. The van der Waals surface area contributed by atoms with Gasteiger partial charge in [-0.05, 0) is 30.9 Å². The van der Waals surface area contributed by atoms with E-state index < -0.39 is 6.10 Å². The Morgan fingerprint density at radius 2 is 1.77 bits per heavy atom. The average molecular weight is 361 g/mol. The Kier molecular flexibility index (Phi) is 7.03. The Morgan fingerprint density at radius 1 is 1.15 bits per heavy atom. The van der Waals surface area contributed by atoms with Gasteiger partial charge in [0.05, 0.1) is 17.1 Å². The molecule has 0 saturated heterocycles. The molecular formula is C20H32N4O2. The Labute approximate surface area is 156 Å². The minimum Gasteiger partial charge on any atom is -0.392 e. The molecule has 26 heavy (non-hydrogen) atoms. The highest BCUT2D eigenvalue weighted by molar-refractivity contribution is 5.83. The molecule has 2 N–H and O–H groups in total. The first kappa shape index (κ1) is 20.2. The third kappa shape index (κ3) is 5.46. The van der Waals surface area contributed by atoms with Gasteiger partial charge in [0.15, 0.2) is 0 Å². The minimum absolute atomic E-state index is 0.0932. The molecule has 6 heteroatoms. The first-order chi connectivity index (χ1) is 12.3. The number of carbonyl (C=O) groups excluding carboxylic acids is 1. The van der Waals surface area contributed by atoms with Crippen molar-refractivity contribution in [1.29, 1.82) is 0 Å². The molecule has 1 aromatic heterocycles. The van der Waals surface area contributed by atoms with E-state index in [1.54, 1.807) is 6.92 Å². The first-order valence-electron chi connectivity index (χ1n) is 9.42. The van der Waals surface area contributed by atoms with Gasteiger partial charge in [0, 0.05) is 19.6 Å². The number of para-hydroxylation sites is 2. The van der Waals surface area contributed by atoms with Crippen molar-refractivity contribution in [2.45, 2.75) is 47.3 Å². The number of carbonyl (C=O) groups is 1. The van der Waals surface area contributed by atoms with Crippen molar-refractivity contribution in [3.63, 3.8) is 0 Å². The summed E-state index contributed by atoms with van der Waals surface area (Å²) in [5.41, 5.74) is 1.76. The Hall–Kier alpha value is -2.08. The molecule has 2 rings (SSSR count). The highest BCUT2D eigenvalue weighted by Gasteiger charge is 2.20. The van der Waals surface area contributed by atoms with Crippen LogP contribution >= 0.6 is 0 Å². The SMILES string of the molecule is CC(C)CN(CC(C)C)C(=O)Cn1c(NC[C@H](C)O)nc2ccccc21. The molecule has 1 heterocycles. The number of fused-ring (bicyclic) bond motifs is 1. The van der Waals surface area contributed by atoms with Gasteiger partial charge in [0.2, 0.25) is 11.9 Å². The van der Waals surface area contributed by atoms with Crippen LogP contribution in [-0.4, -0.2) is 51.2 Å². The number of aliphatic hydroxyl groups is 1. The van der Waals surface area contributed by atoms with E-state index in [9.17, 15) is 9.90 Å². The summed E-state index contributed by atoms with van der Waals surface area (Å²) in [4.78, 5) is 19.6. The zero-order valence-corrected chi connectivity index (χ0v) is 16.6. The fourth-order valence-corrected chi connectivity index (χ4v) is 3.00. The van der Waals surface area contributed by atoms with Gasteiger partial charge in [-0.25, -0.2) is 4.98 Å². The molecule has 0 saturated carbocycles. The second-order valence-corrected chi connectivity index (χ2v) is 7.83. The number of hydrogen-bond acceptors (Lipinski definition) is 4. The van der Waals surface area contributed by atoms with Crippen molar-refractivity contribution >= 4 is 22.9 Å². The molecule has 1 aromatic carbocycles. The summed E-state index contributed by atoms with van der Waals surface area (Å²) in [7, 11) is 0. The topological polar surface area (TPSA) is 70.4 Å². The number of anilines is 1. The largest absolute Gasteiger partial charge is 0.392 e. The summed E-state index contributed by atoms with van der Waals surface area (Å²) in [5.74, 6) is 1.56. The van der Waals surface area contributed by atoms with Crippen LogP contribution in [0.5, 0.6) is 0 Å². The van der Waals surface area contributed by atoms with Gasteiger partial charge in [-0.2, -0.15) is 0 Å². The monoisotopic (exact) mass is 360 g/mol. The molecule has 0 radical (unpaired) electrons. The molecule has 0 aliphatic heterocycles. The molecule has 2 aromatic rings. The summed E-state index contributed by atoms with van der Waals surface area (Å²) in [6.45, 7) is 12.4. The summed E-state index contributed by atoms with van der Waals surface area (Å²) in [6.07, 6.45) is -0.489. The third-order valence-electron chi connectivity index (χ3n) is 4.03. The molecule has 1 atom stereocenters. The van der Waals surface area contributed by atoms with Crippen molar-refractivity contribution in [3.05, 3.63) is 24.3 Å². The lowest BCUT2D eigenvalue weighted by molar-refractivity contribution is -0.132. The maximum Gasteiger partial charge on any atom is 0.242 e. The Bertz CT molecular complexity index is 712. The molecule has 0 bridgehead atoms. The number of aliphatic hydroxyl groups excluding tert-OH is 1. The van der Waals surface area contributed by atoms with Crippen LogP contribution in [0.1, 0.15) is 34.6 Å². The number of imidazole rings is 1. The van der Waals surface area contributed by atoms with Gasteiger partial charge in [-0.15, -0.1) is 0 Å². The number of rotatable bonds is 9. The zero-order chi connectivity index (χ0) is 19.3. The van der Waals surface area contributed by atoms with E-state index in [2.05, 4.69) is 38.0 Å². The van der Waals surface area contributed by atoms with Crippen LogP contribution in [0.4, 0.5) is 5.95 Å². The van der Waals surface area contributed by atoms with E-state index in [4.69, 9.17) is 0 Å². The predicted molar refractivity (Wildman–Crippen MR) is 106 cm³/mol. The van der Waals surface area contributed by atoms with Crippen LogP contribution in [0.3, 0.4) is 0 Å².